The fourth-order valence-electron chi connectivity index (χ4n) is 1.83. The van der Waals surface area contributed by atoms with Crippen molar-refractivity contribution in [1.29, 1.82) is 0 Å². The predicted octanol–water partition coefficient (Wildman–Crippen LogP) is 1.29. The van der Waals surface area contributed by atoms with Crippen LogP contribution in [0.4, 0.5) is 0 Å². The lowest BCUT2D eigenvalue weighted by Crippen LogP contribution is -2.04. The van der Waals surface area contributed by atoms with Gasteiger partial charge >= 0.3 is 0 Å². The Kier molecular flexibility index (Phi) is 3.01. The van der Waals surface area contributed by atoms with Crippen molar-refractivity contribution in [1.82, 2.24) is 14.8 Å². The van der Waals surface area contributed by atoms with Crippen molar-refractivity contribution in [2.45, 2.75) is 13.3 Å². The third-order valence-corrected chi connectivity index (χ3v) is 2.71. The maximum absolute atomic E-state index is 5.60. The number of rotatable bonds is 3. The van der Waals surface area contributed by atoms with E-state index in [9.17, 15) is 0 Å². The molecule has 0 atom stereocenters. The quantitative estimate of drug-likeness (QED) is 0.841. The van der Waals surface area contributed by atoms with E-state index in [1.165, 1.54) is 0 Å². The van der Waals surface area contributed by atoms with Gasteiger partial charge in [-0.2, -0.15) is 5.10 Å². The van der Waals surface area contributed by atoms with Crippen LogP contribution < -0.4 is 5.73 Å². The molecule has 2 aromatic heterocycles. The van der Waals surface area contributed by atoms with Crippen LogP contribution >= 0.6 is 0 Å². The SMILES string of the molecule is Cc1c(-c2ccccn2)c(CCN)nn1C. The summed E-state index contributed by atoms with van der Waals surface area (Å²) in [5.41, 5.74) is 9.84. The molecule has 4 heteroatoms. The van der Waals surface area contributed by atoms with E-state index in [0.717, 1.165) is 29.1 Å². The molecule has 2 rings (SSSR count). The van der Waals surface area contributed by atoms with Crippen LogP contribution in [-0.4, -0.2) is 21.3 Å². The Morgan fingerprint density at radius 1 is 1.38 bits per heavy atom. The minimum absolute atomic E-state index is 0.607. The second-order valence-corrected chi connectivity index (χ2v) is 3.78. The Labute approximate surface area is 95.1 Å². The summed E-state index contributed by atoms with van der Waals surface area (Å²) in [6, 6.07) is 5.91. The zero-order valence-corrected chi connectivity index (χ0v) is 9.64. The lowest BCUT2D eigenvalue weighted by atomic mass is 10.1. The van der Waals surface area contributed by atoms with E-state index in [0.29, 0.717) is 6.54 Å². The summed E-state index contributed by atoms with van der Waals surface area (Å²) in [5, 5.41) is 4.47. The summed E-state index contributed by atoms with van der Waals surface area (Å²) in [4.78, 5) is 4.37. The molecule has 0 bridgehead atoms. The lowest BCUT2D eigenvalue weighted by molar-refractivity contribution is 0.718. The van der Waals surface area contributed by atoms with Crippen LogP contribution in [0.3, 0.4) is 0 Å². The molecule has 0 aliphatic carbocycles. The maximum Gasteiger partial charge on any atom is 0.0739 e. The summed E-state index contributed by atoms with van der Waals surface area (Å²) in [6.07, 6.45) is 2.58. The Hall–Kier alpha value is -1.68. The molecule has 2 aromatic rings. The zero-order valence-electron chi connectivity index (χ0n) is 9.64. The summed E-state index contributed by atoms with van der Waals surface area (Å²) in [7, 11) is 1.95. The summed E-state index contributed by atoms with van der Waals surface area (Å²) >= 11 is 0. The number of hydrogen-bond donors (Lipinski definition) is 1. The molecule has 4 nitrogen and oxygen atoms in total. The Balaban J connectivity index is 2.54. The van der Waals surface area contributed by atoms with E-state index >= 15 is 0 Å². The normalized spacial score (nSPS) is 10.7. The number of nitrogens with two attached hydrogens (primary N) is 1. The Morgan fingerprint density at radius 3 is 2.81 bits per heavy atom. The highest BCUT2D eigenvalue weighted by Crippen LogP contribution is 2.24. The molecule has 0 amide bonds. The van der Waals surface area contributed by atoms with Crippen LogP contribution in [-0.2, 0) is 13.5 Å². The third kappa shape index (κ3) is 1.84. The van der Waals surface area contributed by atoms with Gasteiger partial charge in [-0.1, -0.05) is 6.07 Å². The topological polar surface area (TPSA) is 56.7 Å². The van der Waals surface area contributed by atoms with Gasteiger partial charge in [0.2, 0.25) is 0 Å². The predicted molar refractivity (Wildman–Crippen MR) is 63.9 cm³/mol. The van der Waals surface area contributed by atoms with Crippen LogP contribution in [0.25, 0.3) is 11.3 Å². The number of hydrogen-bond acceptors (Lipinski definition) is 3. The Bertz CT molecular complexity index is 473. The summed E-state index contributed by atoms with van der Waals surface area (Å²) in [6.45, 7) is 2.66. The van der Waals surface area contributed by atoms with Gasteiger partial charge < -0.3 is 5.73 Å². The van der Waals surface area contributed by atoms with Gasteiger partial charge in [-0.15, -0.1) is 0 Å². The van der Waals surface area contributed by atoms with Gasteiger partial charge in [0.25, 0.3) is 0 Å². The summed E-state index contributed by atoms with van der Waals surface area (Å²) in [5.74, 6) is 0. The largest absolute Gasteiger partial charge is 0.330 e. The fourth-order valence-corrected chi connectivity index (χ4v) is 1.83. The number of pyridine rings is 1. The van der Waals surface area contributed by atoms with Gasteiger partial charge in [-0.3, -0.25) is 9.67 Å². The molecule has 0 unspecified atom stereocenters. The highest BCUT2D eigenvalue weighted by atomic mass is 15.3. The molecule has 0 spiro atoms. The molecule has 0 saturated heterocycles. The van der Waals surface area contributed by atoms with Crippen molar-refractivity contribution < 1.29 is 0 Å². The molecule has 0 aromatic carbocycles. The Morgan fingerprint density at radius 2 is 2.19 bits per heavy atom. The number of nitrogens with zero attached hydrogens (tertiary/aromatic N) is 3. The molecule has 0 radical (unpaired) electrons. The van der Waals surface area contributed by atoms with Gasteiger partial charge in [-0.05, 0) is 25.6 Å². The molecule has 2 heterocycles. The molecule has 84 valence electrons. The average Bonchev–Trinajstić information content (AvgIpc) is 2.57. The van der Waals surface area contributed by atoms with Gasteiger partial charge in [0.15, 0.2) is 0 Å². The molecule has 0 aliphatic rings. The van der Waals surface area contributed by atoms with Crippen LogP contribution in [0.2, 0.25) is 0 Å². The molecule has 2 N–H and O–H groups in total. The third-order valence-electron chi connectivity index (χ3n) is 2.71. The van der Waals surface area contributed by atoms with Crippen LogP contribution in [0.5, 0.6) is 0 Å². The van der Waals surface area contributed by atoms with Gasteiger partial charge in [0, 0.05) is 30.9 Å². The number of aromatic nitrogens is 3. The first-order valence-corrected chi connectivity index (χ1v) is 5.38. The molecular weight excluding hydrogens is 200 g/mol. The average molecular weight is 216 g/mol. The maximum atomic E-state index is 5.60. The van der Waals surface area contributed by atoms with Crippen molar-refractivity contribution in [2.75, 3.05) is 6.54 Å². The van der Waals surface area contributed by atoms with E-state index in [2.05, 4.69) is 17.0 Å². The van der Waals surface area contributed by atoms with E-state index in [-0.39, 0.29) is 0 Å². The molecule has 16 heavy (non-hydrogen) atoms. The van der Waals surface area contributed by atoms with Gasteiger partial charge in [0.05, 0.1) is 11.4 Å². The lowest BCUT2D eigenvalue weighted by Gasteiger charge is -2.02. The highest BCUT2D eigenvalue weighted by Gasteiger charge is 2.14. The smallest absolute Gasteiger partial charge is 0.0739 e. The molecule has 0 aliphatic heterocycles. The minimum Gasteiger partial charge on any atom is -0.330 e. The highest BCUT2D eigenvalue weighted by molar-refractivity contribution is 5.64. The monoisotopic (exact) mass is 216 g/mol. The van der Waals surface area contributed by atoms with E-state index < -0.39 is 0 Å². The fraction of sp³-hybridized carbons (Fsp3) is 0.333. The molecular formula is C12H16N4. The van der Waals surface area contributed by atoms with Crippen molar-refractivity contribution >= 4 is 0 Å². The second kappa shape index (κ2) is 4.45. The van der Waals surface area contributed by atoms with Crippen molar-refractivity contribution in [3.63, 3.8) is 0 Å². The standard InChI is InChI=1S/C12H16N4/c1-9-12(10-5-3-4-8-14-10)11(6-7-13)15-16(9)2/h3-5,8H,6-7,13H2,1-2H3. The van der Waals surface area contributed by atoms with E-state index in [1.807, 2.05) is 29.9 Å². The first-order valence-electron chi connectivity index (χ1n) is 5.38. The minimum atomic E-state index is 0.607. The second-order valence-electron chi connectivity index (χ2n) is 3.78. The van der Waals surface area contributed by atoms with Crippen molar-refractivity contribution in [2.24, 2.45) is 12.8 Å². The van der Waals surface area contributed by atoms with Gasteiger partial charge in [0.1, 0.15) is 0 Å². The first-order chi connectivity index (χ1) is 7.74. The van der Waals surface area contributed by atoms with Crippen LogP contribution in [0.15, 0.2) is 24.4 Å². The zero-order chi connectivity index (χ0) is 11.5. The van der Waals surface area contributed by atoms with Gasteiger partial charge in [-0.25, -0.2) is 0 Å². The van der Waals surface area contributed by atoms with E-state index in [4.69, 9.17) is 5.73 Å². The molecule has 0 fully saturated rings. The first kappa shape index (κ1) is 10.8. The van der Waals surface area contributed by atoms with Crippen LogP contribution in [0.1, 0.15) is 11.4 Å². The van der Waals surface area contributed by atoms with E-state index in [1.54, 1.807) is 6.20 Å². The number of aryl methyl sites for hydroxylation is 1. The van der Waals surface area contributed by atoms with Crippen molar-refractivity contribution in [3.8, 4) is 11.3 Å². The van der Waals surface area contributed by atoms with Crippen LogP contribution in [0, 0.1) is 6.92 Å². The summed E-state index contributed by atoms with van der Waals surface area (Å²) < 4.78 is 1.88. The van der Waals surface area contributed by atoms with Crippen molar-refractivity contribution in [3.05, 3.63) is 35.8 Å². The molecule has 0 saturated carbocycles.